The normalized spacial score (nSPS) is 10.7. The molecule has 0 aliphatic rings. The van der Waals surface area contributed by atoms with Gasteiger partial charge in [0.25, 0.3) is 0 Å². The lowest BCUT2D eigenvalue weighted by atomic mass is 10.1. The maximum atomic E-state index is 14.4. The number of carbonyl (C=O) groups excluding carboxylic acids is 1. The van der Waals surface area contributed by atoms with Gasteiger partial charge in [-0.25, -0.2) is 4.39 Å². The second kappa shape index (κ2) is 10.9. The van der Waals surface area contributed by atoms with Crippen LogP contribution in [0, 0.1) is 31.0 Å². The van der Waals surface area contributed by atoms with Crippen molar-refractivity contribution in [2.45, 2.75) is 25.4 Å². The zero-order valence-corrected chi connectivity index (χ0v) is 20.2. The summed E-state index contributed by atoms with van der Waals surface area (Å²) < 4.78 is 16.3. The number of aryl methyl sites for hydroxylation is 2. The monoisotopic (exact) mass is 486 g/mol. The van der Waals surface area contributed by atoms with E-state index in [1.54, 1.807) is 24.5 Å². The van der Waals surface area contributed by atoms with Crippen LogP contribution >= 0.6 is 11.8 Å². The van der Waals surface area contributed by atoms with Crippen molar-refractivity contribution in [2.24, 2.45) is 0 Å². The Kier molecular flexibility index (Phi) is 7.53. The third kappa shape index (κ3) is 5.39. The van der Waals surface area contributed by atoms with Crippen LogP contribution in [0.4, 0.5) is 10.1 Å². The molecule has 0 fully saturated rings. The second-order valence-electron chi connectivity index (χ2n) is 7.84. The van der Waals surface area contributed by atoms with Crippen molar-refractivity contribution in [1.82, 2.24) is 19.7 Å². The number of carbonyl (C=O) groups is 1. The van der Waals surface area contributed by atoms with E-state index in [9.17, 15) is 9.18 Å². The zero-order valence-electron chi connectivity index (χ0n) is 19.3. The molecule has 0 N–H and O–H groups in total. The number of para-hydroxylation sites is 1. The topological polar surface area (TPSA) is 87.7 Å². The van der Waals surface area contributed by atoms with Gasteiger partial charge < -0.3 is 4.90 Å². The Morgan fingerprint density at radius 2 is 1.86 bits per heavy atom. The number of pyridine rings is 1. The van der Waals surface area contributed by atoms with Gasteiger partial charge in [0.2, 0.25) is 5.91 Å². The largest absolute Gasteiger partial charge is 0.308 e. The standard InChI is InChI=1S/C26H23FN6OS/c1-18-8-9-21(16-19(18)2)33-25(20-10-13-29-14-11-20)30-31-26(33)35-17-24(34)32(15-5-12-28)23-7-4-3-6-22(23)27/h3-4,6-11,13-14,16H,5,15,17H2,1-2H3. The predicted octanol–water partition coefficient (Wildman–Crippen LogP) is 5.12. The van der Waals surface area contributed by atoms with Gasteiger partial charge in [0.15, 0.2) is 11.0 Å². The van der Waals surface area contributed by atoms with Gasteiger partial charge in [-0.05, 0) is 61.4 Å². The maximum Gasteiger partial charge on any atom is 0.237 e. The molecule has 35 heavy (non-hydrogen) atoms. The Balaban J connectivity index is 1.66. The minimum absolute atomic E-state index is 0.000908. The Morgan fingerprint density at radius 1 is 1.09 bits per heavy atom. The molecule has 2 aromatic carbocycles. The predicted molar refractivity (Wildman–Crippen MR) is 134 cm³/mol. The first kappa shape index (κ1) is 24.1. The highest BCUT2D eigenvalue weighted by Crippen LogP contribution is 2.29. The lowest BCUT2D eigenvalue weighted by Crippen LogP contribution is -2.34. The Bertz CT molecular complexity index is 1380. The fraction of sp³-hybridized carbons (Fsp3) is 0.192. The summed E-state index contributed by atoms with van der Waals surface area (Å²) in [5.74, 6) is -0.211. The molecular formula is C26H23FN6OS. The number of halogens is 1. The molecule has 4 aromatic rings. The molecule has 1 amide bonds. The summed E-state index contributed by atoms with van der Waals surface area (Å²) in [6.45, 7) is 4.18. The average Bonchev–Trinajstić information content (AvgIpc) is 3.30. The van der Waals surface area contributed by atoms with E-state index in [2.05, 4.69) is 15.2 Å². The number of nitriles is 1. The molecule has 7 nitrogen and oxygen atoms in total. The van der Waals surface area contributed by atoms with E-state index < -0.39 is 5.82 Å². The molecule has 4 rings (SSSR count). The Labute approximate surface area is 207 Å². The molecule has 0 spiro atoms. The number of hydrogen-bond donors (Lipinski definition) is 0. The SMILES string of the molecule is Cc1ccc(-n2c(SCC(=O)N(CCC#N)c3ccccc3F)nnc2-c2ccncc2)cc1C. The van der Waals surface area contributed by atoms with Crippen molar-refractivity contribution >= 4 is 23.4 Å². The minimum atomic E-state index is -0.512. The van der Waals surface area contributed by atoms with Gasteiger partial charge >= 0.3 is 0 Å². The quantitative estimate of drug-likeness (QED) is 0.321. The van der Waals surface area contributed by atoms with Crippen LogP contribution in [0.5, 0.6) is 0 Å². The van der Waals surface area contributed by atoms with Crippen molar-refractivity contribution in [1.29, 1.82) is 5.26 Å². The molecule has 2 aromatic heterocycles. The van der Waals surface area contributed by atoms with Crippen molar-refractivity contribution < 1.29 is 9.18 Å². The van der Waals surface area contributed by atoms with Gasteiger partial charge in [0.1, 0.15) is 5.82 Å². The maximum absolute atomic E-state index is 14.4. The third-order valence-corrected chi connectivity index (χ3v) is 6.45. The van der Waals surface area contributed by atoms with Crippen LogP contribution in [0.15, 0.2) is 72.1 Å². The van der Waals surface area contributed by atoms with Crippen LogP contribution < -0.4 is 4.90 Å². The van der Waals surface area contributed by atoms with Crippen LogP contribution in [0.25, 0.3) is 17.1 Å². The van der Waals surface area contributed by atoms with E-state index in [0.717, 1.165) is 22.4 Å². The molecule has 0 saturated heterocycles. The lowest BCUT2D eigenvalue weighted by Gasteiger charge is -2.22. The van der Waals surface area contributed by atoms with Crippen LogP contribution in [0.2, 0.25) is 0 Å². The number of hydrogen-bond acceptors (Lipinski definition) is 6. The Morgan fingerprint density at radius 3 is 2.57 bits per heavy atom. The molecule has 0 unspecified atom stereocenters. The van der Waals surface area contributed by atoms with Gasteiger partial charge in [-0.2, -0.15) is 5.26 Å². The number of benzene rings is 2. The molecule has 2 heterocycles. The minimum Gasteiger partial charge on any atom is -0.308 e. The molecular weight excluding hydrogens is 463 g/mol. The number of thioether (sulfide) groups is 1. The first-order valence-corrected chi connectivity index (χ1v) is 12.0. The first-order chi connectivity index (χ1) is 17.0. The van der Waals surface area contributed by atoms with E-state index in [0.29, 0.717) is 11.0 Å². The number of amides is 1. The molecule has 176 valence electrons. The average molecular weight is 487 g/mol. The lowest BCUT2D eigenvalue weighted by molar-refractivity contribution is -0.116. The third-order valence-electron chi connectivity index (χ3n) is 5.54. The van der Waals surface area contributed by atoms with Crippen molar-refractivity contribution in [3.8, 4) is 23.1 Å². The number of aromatic nitrogens is 4. The fourth-order valence-corrected chi connectivity index (χ4v) is 4.39. The molecule has 0 aliphatic carbocycles. The van der Waals surface area contributed by atoms with Crippen LogP contribution in [0.1, 0.15) is 17.5 Å². The summed E-state index contributed by atoms with van der Waals surface area (Å²) in [7, 11) is 0. The van der Waals surface area contributed by atoms with Crippen LogP contribution in [0.3, 0.4) is 0 Å². The summed E-state index contributed by atoms with van der Waals surface area (Å²) >= 11 is 1.22. The van der Waals surface area contributed by atoms with E-state index in [4.69, 9.17) is 5.26 Å². The molecule has 0 aliphatic heterocycles. The molecule has 9 heteroatoms. The highest BCUT2D eigenvalue weighted by molar-refractivity contribution is 7.99. The summed E-state index contributed by atoms with van der Waals surface area (Å²) in [5.41, 5.74) is 4.14. The van der Waals surface area contributed by atoms with Crippen molar-refractivity contribution in [3.63, 3.8) is 0 Å². The number of rotatable bonds is 8. The van der Waals surface area contributed by atoms with Gasteiger partial charge in [-0.15, -0.1) is 10.2 Å². The van der Waals surface area contributed by atoms with Crippen LogP contribution in [-0.4, -0.2) is 38.0 Å². The van der Waals surface area contributed by atoms with Crippen molar-refractivity contribution in [2.75, 3.05) is 17.2 Å². The second-order valence-corrected chi connectivity index (χ2v) is 8.78. The van der Waals surface area contributed by atoms with E-state index in [1.807, 2.05) is 54.8 Å². The van der Waals surface area contributed by atoms with E-state index >= 15 is 0 Å². The van der Waals surface area contributed by atoms with Gasteiger partial charge in [-0.1, -0.05) is 30.0 Å². The smallest absolute Gasteiger partial charge is 0.237 e. The molecule has 0 radical (unpaired) electrons. The zero-order chi connectivity index (χ0) is 24.8. The molecule has 0 bridgehead atoms. The van der Waals surface area contributed by atoms with Crippen LogP contribution in [-0.2, 0) is 4.79 Å². The van der Waals surface area contributed by atoms with Gasteiger partial charge in [0, 0.05) is 24.5 Å². The van der Waals surface area contributed by atoms with Crippen molar-refractivity contribution in [3.05, 3.63) is 83.9 Å². The summed E-state index contributed by atoms with van der Waals surface area (Å²) in [5, 5.41) is 18.3. The molecule has 0 saturated carbocycles. The number of anilines is 1. The number of nitrogens with zero attached hydrogens (tertiary/aromatic N) is 6. The first-order valence-electron chi connectivity index (χ1n) is 11.0. The van der Waals surface area contributed by atoms with E-state index in [1.165, 1.54) is 28.8 Å². The van der Waals surface area contributed by atoms with Gasteiger partial charge in [-0.3, -0.25) is 14.3 Å². The molecule has 0 atom stereocenters. The van der Waals surface area contributed by atoms with Gasteiger partial charge in [0.05, 0.1) is 29.6 Å². The summed E-state index contributed by atoms with van der Waals surface area (Å²) in [6.07, 6.45) is 3.47. The highest BCUT2D eigenvalue weighted by Gasteiger charge is 2.22. The summed E-state index contributed by atoms with van der Waals surface area (Å²) in [6, 6.07) is 17.8. The Hall–Kier alpha value is -4.03. The fourth-order valence-electron chi connectivity index (χ4n) is 3.56. The highest BCUT2D eigenvalue weighted by atomic mass is 32.2. The summed E-state index contributed by atoms with van der Waals surface area (Å²) in [4.78, 5) is 18.6. The van der Waals surface area contributed by atoms with E-state index in [-0.39, 0.29) is 30.3 Å².